The summed E-state index contributed by atoms with van der Waals surface area (Å²) in [6.07, 6.45) is 5.15. The van der Waals surface area contributed by atoms with Crippen LogP contribution in [0.25, 0.3) is 0 Å². The monoisotopic (exact) mass is 290 g/mol. The van der Waals surface area contributed by atoms with Crippen molar-refractivity contribution in [3.05, 3.63) is 61.2 Å². The van der Waals surface area contributed by atoms with Crippen molar-refractivity contribution in [1.82, 2.24) is 0 Å². The zero-order chi connectivity index (χ0) is 15.9. The maximum Gasteiger partial charge on any atom is 0.306 e. The molecule has 1 aromatic carbocycles. The zero-order valence-electron chi connectivity index (χ0n) is 12.2. The number of carboxylic acids is 1. The molecule has 4 nitrogen and oxygen atoms in total. The number of aliphatic carboxylic acids is 1. The Labute approximate surface area is 125 Å². The van der Waals surface area contributed by atoms with Crippen molar-refractivity contribution in [3.63, 3.8) is 0 Å². The molecular formula is C17H22O4. The highest BCUT2D eigenvalue weighted by atomic mass is 16.5. The Morgan fingerprint density at radius 2 is 1.62 bits per heavy atom. The Kier molecular flexibility index (Phi) is 11.2. The lowest BCUT2D eigenvalue weighted by Crippen LogP contribution is -2.03. The summed E-state index contributed by atoms with van der Waals surface area (Å²) in [5.74, 6) is -0.936. The summed E-state index contributed by atoms with van der Waals surface area (Å²) in [6, 6.07) is 9.64. The van der Waals surface area contributed by atoms with E-state index in [0.29, 0.717) is 25.9 Å². The fraction of sp³-hybridized carbons (Fsp3) is 0.294. The van der Waals surface area contributed by atoms with E-state index in [1.807, 2.05) is 30.3 Å². The average molecular weight is 290 g/mol. The number of hydrogen-bond acceptors (Lipinski definition) is 3. The molecule has 0 radical (unpaired) electrons. The van der Waals surface area contributed by atoms with Gasteiger partial charge in [-0.05, 0) is 18.4 Å². The summed E-state index contributed by atoms with van der Waals surface area (Å²) < 4.78 is 5.04. The van der Waals surface area contributed by atoms with Gasteiger partial charge < -0.3 is 9.84 Å². The Morgan fingerprint density at radius 3 is 2.10 bits per heavy atom. The second-order valence-electron chi connectivity index (χ2n) is 4.19. The van der Waals surface area contributed by atoms with E-state index in [-0.39, 0.29) is 12.4 Å². The van der Waals surface area contributed by atoms with Crippen molar-refractivity contribution >= 4 is 11.9 Å². The maximum absolute atomic E-state index is 11.1. The van der Waals surface area contributed by atoms with Crippen molar-refractivity contribution in [3.8, 4) is 0 Å². The van der Waals surface area contributed by atoms with Gasteiger partial charge in [-0.2, -0.15) is 0 Å². The minimum Gasteiger partial charge on any atom is -0.481 e. The van der Waals surface area contributed by atoms with Crippen LogP contribution >= 0.6 is 0 Å². The van der Waals surface area contributed by atoms with Crippen LogP contribution in [-0.4, -0.2) is 17.0 Å². The van der Waals surface area contributed by atoms with Crippen LogP contribution in [0.15, 0.2) is 55.6 Å². The van der Waals surface area contributed by atoms with Gasteiger partial charge in [-0.15, -0.1) is 13.2 Å². The van der Waals surface area contributed by atoms with Crippen LogP contribution in [0.5, 0.6) is 0 Å². The SMILES string of the molecule is C=CCCC(=O)O.C=CCCC(=O)OCc1ccccc1. The fourth-order valence-corrected chi connectivity index (χ4v) is 1.26. The lowest BCUT2D eigenvalue weighted by atomic mass is 10.2. The molecule has 0 aliphatic rings. The van der Waals surface area contributed by atoms with Crippen molar-refractivity contribution < 1.29 is 19.4 Å². The summed E-state index contributed by atoms with van der Waals surface area (Å²) >= 11 is 0. The van der Waals surface area contributed by atoms with Gasteiger partial charge in [0, 0.05) is 12.8 Å². The number of ether oxygens (including phenoxy) is 1. The van der Waals surface area contributed by atoms with E-state index < -0.39 is 5.97 Å². The third-order valence-corrected chi connectivity index (χ3v) is 2.36. The lowest BCUT2D eigenvalue weighted by molar-refractivity contribution is -0.144. The van der Waals surface area contributed by atoms with E-state index in [1.54, 1.807) is 12.2 Å². The van der Waals surface area contributed by atoms with E-state index >= 15 is 0 Å². The molecule has 1 aromatic rings. The lowest BCUT2D eigenvalue weighted by Gasteiger charge is -2.03. The topological polar surface area (TPSA) is 63.6 Å². The van der Waals surface area contributed by atoms with Crippen LogP contribution in [0.1, 0.15) is 31.2 Å². The number of hydrogen-bond donors (Lipinski definition) is 1. The molecule has 0 aliphatic heterocycles. The van der Waals surface area contributed by atoms with Gasteiger partial charge in [-0.3, -0.25) is 9.59 Å². The number of rotatable bonds is 8. The Hall–Kier alpha value is -2.36. The predicted molar refractivity (Wildman–Crippen MR) is 82.7 cm³/mol. The molecule has 114 valence electrons. The second kappa shape index (κ2) is 12.7. The van der Waals surface area contributed by atoms with Gasteiger partial charge in [0.15, 0.2) is 0 Å². The second-order valence-corrected chi connectivity index (χ2v) is 4.19. The molecule has 0 heterocycles. The largest absolute Gasteiger partial charge is 0.481 e. The zero-order valence-corrected chi connectivity index (χ0v) is 12.2. The summed E-state index contributed by atoms with van der Waals surface area (Å²) in [7, 11) is 0. The number of carboxylic acid groups (broad SMARTS) is 1. The van der Waals surface area contributed by atoms with E-state index in [4.69, 9.17) is 9.84 Å². The molecule has 1 N–H and O–H groups in total. The highest BCUT2D eigenvalue weighted by Gasteiger charge is 2.00. The van der Waals surface area contributed by atoms with Crippen LogP contribution in [0.4, 0.5) is 0 Å². The van der Waals surface area contributed by atoms with E-state index in [1.165, 1.54) is 0 Å². The molecule has 0 amide bonds. The van der Waals surface area contributed by atoms with Crippen LogP contribution in [0.3, 0.4) is 0 Å². The Balaban J connectivity index is 0.000000486. The molecule has 21 heavy (non-hydrogen) atoms. The number of carbonyl (C=O) groups excluding carboxylic acids is 1. The minimum atomic E-state index is -0.764. The first kappa shape index (κ1) is 18.6. The first-order chi connectivity index (χ1) is 10.1. The normalized spacial score (nSPS) is 8.95. The maximum atomic E-state index is 11.1. The number of benzene rings is 1. The van der Waals surface area contributed by atoms with Crippen molar-refractivity contribution in [2.24, 2.45) is 0 Å². The highest BCUT2D eigenvalue weighted by Crippen LogP contribution is 2.02. The quantitative estimate of drug-likeness (QED) is 0.585. The van der Waals surface area contributed by atoms with Crippen LogP contribution in [-0.2, 0) is 20.9 Å². The smallest absolute Gasteiger partial charge is 0.306 e. The molecule has 0 saturated heterocycles. The third kappa shape index (κ3) is 12.4. The van der Waals surface area contributed by atoms with Gasteiger partial charge in [0.25, 0.3) is 0 Å². The van der Waals surface area contributed by atoms with Crippen LogP contribution in [0, 0.1) is 0 Å². The molecule has 1 rings (SSSR count). The molecular weight excluding hydrogens is 268 g/mol. The fourth-order valence-electron chi connectivity index (χ4n) is 1.26. The molecule has 0 unspecified atom stereocenters. The predicted octanol–water partition coefficient (Wildman–Crippen LogP) is 3.73. The third-order valence-electron chi connectivity index (χ3n) is 2.36. The number of esters is 1. The molecule has 0 spiro atoms. The summed E-state index contributed by atoms with van der Waals surface area (Å²) in [5, 5.41) is 8.00. The first-order valence-electron chi connectivity index (χ1n) is 6.73. The van der Waals surface area contributed by atoms with Crippen molar-refractivity contribution in [1.29, 1.82) is 0 Å². The molecule has 0 atom stereocenters. The van der Waals surface area contributed by atoms with Gasteiger partial charge >= 0.3 is 11.9 Å². The summed E-state index contributed by atoms with van der Waals surface area (Å²) in [5.41, 5.74) is 1.01. The number of carbonyl (C=O) groups is 2. The van der Waals surface area contributed by atoms with Gasteiger partial charge in [0.05, 0.1) is 0 Å². The van der Waals surface area contributed by atoms with Gasteiger partial charge in [-0.1, -0.05) is 42.5 Å². The van der Waals surface area contributed by atoms with E-state index in [0.717, 1.165) is 5.56 Å². The Bertz CT molecular complexity index is 437. The van der Waals surface area contributed by atoms with Crippen LogP contribution in [0.2, 0.25) is 0 Å². The molecule has 0 bridgehead atoms. The standard InChI is InChI=1S/C12H14O2.C5H8O2/c1-2-3-9-12(13)14-10-11-7-5-4-6-8-11;1-2-3-4-5(6)7/h2,4-8H,1,3,9-10H2;2H,1,3-4H2,(H,6,7). The Morgan fingerprint density at radius 1 is 1.05 bits per heavy atom. The molecule has 0 saturated carbocycles. The first-order valence-corrected chi connectivity index (χ1v) is 6.73. The van der Waals surface area contributed by atoms with E-state index in [2.05, 4.69) is 13.2 Å². The number of allylic oxidation sites excluding steroid dienone is 2. The molecule has 0 fully saturated rings. The van der Waals surface area contributed by atoms with E-state index in [9.17, 15) is 9.59 Å². The van der Waals surface area contributed by atoms with Crippen LogP contribution < -0.4 is 0 Å². The van der Waals surface area contributed by atoms with Gasteiger partial charge in [-0.25, -0.2) is 0 Å². The molecule has 0 aromatic heterocycles. The van der Waals surface area contributed by atoms with Crippen molar-refractivity contribution in [2.45, 2.75) is 32.3 Å². The molecule has 4 heteroatoms. The molecule has 0 aliphatic carbocycles. The van der Waals surface area contributed by atoms with Gasteiger partial charge in [0.2, 0.25) is 0 Å². The van der Waals surface area contributed by atoms with Gasteiger partial charge in [0.1, 0.15) is 6.61 Å². The summed E-state index contributed by atoms with van der Waals surface area (Å²) in [4.78, 5) is 20.8. The summed E-state index contributed by atoms with van der Waals surface area (Å²) in [6.45, 7) is 7.27. The van der Waals surface area contributed by atoms with Crippen molar-refractivity contribution in [2.75, 3.05) is 0 Å². The minimum absolute atomic E-state index is 0.172. The average Bonchev–Trinajstić information content (AvgIpc) is 2.50. The highest BCUT2D eigenvalue weighted by molar-refractivity contribution is 5.69.